The standard InChI is InChI=1S/C38H44O2S/c1-2-3-27-41(40)38(35-20-8-6-18-33(35)34-19-7-9-21-36(34)38)26-11-10-13-28-14-12-16-30(23-22-28)32-25-24-29-15-4-5-17-31(29)37(32)39/h4-9,14-15,17-21,30,32H,2-3,10-13,16,22-27H2,1H3. The van der Waals surface area contributed by atoms with Gasteiger partial charge in [0.15, 0.2) is 5.78 Å². The summed E-state index contributed by atoms with van der Waals surface area (Å²) >= 11 is 0. The molecular formula is C38H44O2S. The van der Waals surface area contributed by atoms with E-state index < -0.39 is 15.5 Å². The molecule has 3 aliphatic carbocycles. The maximum absolute atomic E-state index is 14.2. The zero-order chi connectivity index (χ0) is 28.2. The van der Waals surface area contributed by atoms with Gasteiger partial charge in [0.1, 0.15) is 0 Å². The van der Waals surface area contributed by atoms with Crippen LogP contribution in [0.1, 0.15) is 105 Å². The van der Waals surface area contributed by atoms with Gasteiger partial charge in [0.05, 0.1) is 4.75 Å². The second-order valence-corrected chi connectivity index (χ2v) is 14.2. The normalized spacial score (nSPS) is 21.8. The van der Waals surface area contributed by atoms with Crippen LogP contribution in [0.3, 0.4) is 0 Å². The highest BCUT2D eigenvalue weighted by atomic mass is 32.2. The van der Waals surface area contributed by atoms with Gasteiger partial charge in [-0.3, -0.25) is 9.00 Å². The molecule has 6 rings (SSSR count). The first-order valence-corrected chi connectivity index (χ1v) is 17.3. The van der Waals surface area contributed by atoms with Crippen molar-refractivity contribution in [2.45, 2.75) is 88.7 Å². The highest BCUT2D eigenvalue weighted by Gasteiger charge is 2.47. The summed E-state index contributed by atoms with van der Waals surface area (Å²) in [6.07, 6.45) is 15.3. The third kappa shape index (κ3) is 5.43. The second-order valence-electron chi connectivity index (χ2n) is 12.4. The van der Waals surface area contributed by atoms with E-state index in [2.05, 4.69) is 73.7 Å². The highest BCUT2D eigenvalue weighted by molar-refractivity contribution is 7.86. The first kappa shape index (κ1) is 28.3. The molecule has 0 aliphatic heterocycles. The molecule has 0 amide bonds. The molecule has 3 aliphatic rings. The zero-order valence-electron chi connectivity index (χ0n) is 24.6. The number of hydrogen-bond donors (Lipinski definition) is 0. The molecule has 0 saturated heterocycles. The molecule has 0 saturated carbocycles. The molecule has 0 fully saturated rings. The number of rotatable bonds is 10. The van der Waals surface area contributed by atoms with Gasteiger partial charge in [-0.1, -0.05) is 104 Å². The predicted molar refractivity (Wildman–Crippen MR) is 172 cm³/mol. The minimum absolute atomic E-state index is 0.193. The number of benzene rings is 3. The summed E-state index contributed by atoms with van der Waals surface area (Å²) in [6.45, 7) is 2.19. The van der Waals surface area contributed by atoms with Crippen molar-refractivity contribution in [3.05, 3.63) is 107 Å². The molecule has 0 radical (unpaired) electrons. The lowest BCUT2D eigenvalue weighted by molar-refractivity contribution is 0.0837. The smallest absolute Gasteiger partial charge is 0.166 e. The summed E-state index contributed by atoms with van der Waals surface area (Å²) in [5.74, 6) is 1.84. The summed E-state index contributed by atoms with van der Waals surface area (Å²) in [6, 6.07) is 25.6. The van der Waals surface area contributed by atoms with Crippen LogP contribution in [-0.4, -0.2) is 15.7 Å². The average Bonchev–Trinajstić information content (AvgIpc) is 3.11. The lowest BCUT2D eigenvalue weighted by atomic mass is 9.73. The predicted octanol–water partition coefficient (Wildman–Crippen LogP) is 9.58. The van der Waals surface area contributed by atoms with Gasteiger partial charge in [-0.05, 0) is 97.9 Å². The first-order valence-electron chi connectivity index (χ1n) is 16.0. The van der Waals surface area contributed by atoms with Gasteiger partial charge in [0.2, 0.25) is 0 Å². The molecule has 0 N–H and O–H groups in total. The van der Waals surface area contributed by atoms with Gasteiger partial charge in [-0.25, -0.2) is 0 Å². The Labute approximate surface area is 249 Å². The molecule has 0 heterocycles. The number of Topliss-reactive ketones (excluding diaryl/α,β-unsaturated/α-hetero) is 1. The highest BCUT2D eigenvalue weighted by Crippen LogP contribution is 2.53. The van der Waals surface area contributed by atoms with Crippen LogP contribution in [0.5, 0.6) is 0 Å². The van der Waals surface area contributed by atoms with Crippen LogP contribution in [0.15, 0.2) is 84.4 Å². The maximum atomic E-state index is 14.2. The molecule has 2 nitrogen and oxygen atoms in total. The van der Waals surface area contributed by atoms with Gasteiger partial charge in [-0.2, -0.15) is 0 Å². The molecule has 41 heavy (non-hydrogen) atoms. The molecule has 0 aromatic heterocycles. The molecule has 3 aromatic rings. The van der Waals surface area contributed by atoms with Gasteiger partial charge < -0.3 is 0 Å². The Morgan fingerprint density at radius 3 is 2.20 bits per heavy atom. The Balaban J connectivity index is 1.11. The van der Waals surface area contributed by atoms with Crippen molar-refractivity contribution < 1.29 is 9.00 Å². The molecule has 214 valence electrons. The van der Waals surface area contributed by atoms with E-state index in [4.69, 9.17) is 0 Å². The number of ketones is 1. The topological polar surface area (TPSA) is 34.1 Å². The number of carbonyl (C=O) groups is 1. The first-order chi connectivity index (χ1) is 20.1. The van der Waals surface area contributed by atoms with Crippen LogP contribution in [0.4, 0.5) is 0 Å². The fourth-order valence-corrected chi connectivity index (χ4v) is 10.0. The summed E-state index contributed by atoms with van der Waals surface area (Å²) in [5, 5.41) is 0. The third-order valence-electron chi connectivity index (χ3n) is 10.1. The van der Waals surface area contributed by atoms with Crippen LogP contribution < -0.4 is 0 Å². The number of aryl methyl sites for hydroxylation is 1. The lowest BCUT2D eigenvalue weighted by Crippen LogP contribution is -2.32. The van der Waals surface area contributed by atoms with E-state index in [9.17, 15) is 9.00 Å². The maximum Gasteiger partial charge on any atom is 0.166 e. The fourth-order valence-electron chi connectivity index (χ4n) is 7.91. The Hall–Kier alpha value is -2.78. The number of carbonyl (C=O) groups excluding carboxylic acids is 1. The minimum Gasteiger partial charge on any atom is -0.294 e. The zero-order valence-corrected chi connectivity index (χ0v) is 25.4. The third-order valence-corrected chi connectivity index (χ3v) is 12.2. The van der Waals surface area contributed by atoms with Crippen LogP contribution >= 0.6 is 0 Å². The molecule has 3 aromatic carbocycles. The molecule has 0 bridgehead atoms. The van der Waals surface area contributed by atoms with Crippen molar-refractivity contribution in [3.63, 3.8) is 0 Å². The molecule has 3 atom stereocenters. The largest absolute Gasteiger partial charge is 0.294 e. The van der Waals surface area contributed by atoms with Crippen LogP contribution in [0.25, 0.3) is 11.1 Å². The van der Waals surface area contributed by atoms with E-state index in [1.165, 1.54) is 27.8 Å². The van der Waals surface area contributed by atoms with Gasteiger partial charge >= 0.3 is 0 Å². The second kappa shape index (κ2) is 12.6. The van der Waals surface area contributed by atoms with Gasteiger partial charge in [0, 0.05) is 28.0 Å². The fraction of sp³-hybridized carbons (Fsp3) is 0.447. The Morgan fingerprint density at radius 1 is 0.780 bits per heavy atom. The molecule has 0 spiro atoms. The van der Waals surface area contributed by atoms with Crippen molar-refractivity contribution in [1.29, 1.82) is 0 Å². The Kier molecular flexibility index (Phi) is 8.72. The quantitative estimate of drug-likeness (QED) is 0.181. The summed E-state index contributed by atoms with van der Waals surface area (Å²) in [7, 11) is -0.961. The van der Waals surface area contributed by atoms with E-state index in [1.54, 1.807) is 5.57 Å². The van der Waals surface area contributed by atoms with Crippen molar-refractivity contribution in [3.8, 4) is 11.1 Å². The van der Waals surface area contributed by atoms with Gasteiger partial charge in [0.25, 0.3) is 0 Å². The van der Waals surface area contributed by atoms with E-state index in [-0.39, 0.29) is 5.92 Å². The average molecular weight is 565 g/mol. The van der Waals surface area contributed by atoms with Crippen molar-refractivity contribution in [2.24, 2.45) is 11.8 Å². The van der Waals surface area contributed by atoms with Crippen molar-refractivity contribution in [1.82, 2.24) is 0 Å². The lowest BCUT2D eigenvalue weighted by Gasteiger charge is -2.31. The van der Waals surface area contributed by atoms with E-state index in [0.717, 1.165) is 88.4 Å². The summed E-state index contributed by atoms with van der Waals surface area (Å²) < 4.78 is 13.8. The Morgan fingerprint density at radius 2 is 1.46 bits per heavy atom. The van der Waals surface area contributed by atoms with Crippen LogP contribution in [0.2, 0.25) is 0 Å². The number of allylic oxidation sites excluding steroid dienone is 2. The van der Waals surface area contributed by atoms with Crippen molar-refractivity contribution >= 4 is 16.6 Å². The SMILES string of the molecule is CCCCS(=O)C1(CCCCC2=CCCC(C3CCc4ccccc4C3=O)CC2)c2ccccc2-c2ccccc21. The minimum atomic E-state index is -0.961. The number of fused-ring (bicyclic) bond motifs is 4. The molecular weight excluding hydrogens is 520 g/mol. The summed E-state index contributed by atoms with van der Waals surface area (Å²) in [5.41, 5.74) is 8.86. The Bertz CT molecular complexity index is 1400. The molecule has 3 unspecified atom stereocenters. The van der Waals surface area contributed by atoms with E-state index >= 15 is 0 Å². The van der Waals surface area contributed by atoms with E-state index in [0.29, 0.717) is 11.7 Å². The molecule has 3 heteroatoms. The number of hydrogen-bond acceptors (Lipinski definition) is 2. The van der Waals surface area contributed by atoms with Gasteiger partial charge in [-0.15, -0.1) is 0 Å². The van der Waals surface area contributed by atoms with Crippen LogP contribution in [0, 0.1) is 11.8 Å². The van der Waals surface area contributed by atoms with Crippen LogP contribution in [-0.2, 0) is 22.0 Å². The van der Waals surface area contributed by atoms with E-state index in [1.807, 2.05) is 12.1 Å². The summed E-state index contributed by atoms with van der Waals surface area (Å²) in [4.78, 5) is 13.3. The number of unbranched alkanes of at least 4 members (excludes halogenated alkanes) is 2. The monoisotopic (exact) mass is 564 g/mol. The van der Waals surface area contributed by atoms with Crippen molar-refractivity contribution in [2.75, 3.05) is 5.75 Å².